The molecular weight excluding hydrogens is 363 g/mol. The number of halogens is 3. The summed E-state index contributed by atoms with van der Waals surface area (Å²) in [6, 6.07) is 11.0. The van der Waals surface area contributed by atoms with Gasteiger partial charge in [0.15, 0.2) is 0 Å². The molecule has 1 heterocycles. The van der Waals surface area contributed by atoms with Crippen LogP contribution in [0.5, 0.6) is 5.75 Å². The van der Waals surface area contributed by atoms with Crippen molar-refractivity contribution in [1.29, 1.82) is 0 Å². The fourth-order valence-electron chi connectivity index (χ4n) is 2.38. The molecule has 5 heteroatoms. The Morgan fingerprint density at radius 3 is 2.75 bits per heavy atom. The second kappa shape index (κ2) is 5.57. The Labute approximate surface area is 135 Å². The Bertz CT molecular complexity index is 660. The van der Waals surface area contributed by atoms with Crippen molar-refractivity contribution in [3.63, 3.8) is 0 Å². The van der Waals surface area contributed by atoms with Crippen LogP contribution in [-0.2, 0) is 0 Å². The molecule has 20 heavy (non-hydrogen) atoms. The van der Waals surface area contributed by atoms with Gasteiger partial charge in [-0.3, -0.25) is 0 Å². The van der Waals surface area contributed by atoms with Gasteiger partial charge in [-0.2, -0.15) is 0 Å². The highest BCUT2D eigenvalue weighted by molar-refractivity contribution is 9.10. The number of rotatable bonds is 1. The third kappa shape index (κ3) is 2.56. The lowest BCUT2D eigenvalue weighted by Crippen LogP contribution is -2.19. The second-order valence-electron chi connectivity index (χ2n) is 4.68. The van der Waals surface area contributed by atoms with E-state index < -0.39 is 6.10 Å². The first-order chi connectivity index (χ1) is 9.56. The van der Waals surface area contributed by atoms with E-state index in [4.69, 9.17) is 27.9 Å². The van der Waals surface area contributed by atoms with E-state index in [2.05, 4.69) is 15.9 Å². The van der Waals surface area contributed by atoms with Gasteiger partial charge >= 0.3 is 0 Å². The number of hydrogen-bond donors (Lipinski definition) is 1. The molecule has 0 saturated heterocycles. The molecule has 3 rings (SSSR count). The van der Waals surface area contributed by atoms with E-state index in [9.17, 15) is 5.11 Å². The maximum absolute atomic E-state index is 10.3. The van der Waals surface area contributed by atoms with Crippen molar-refractivity contribution in [1.82, 2.24) is 0 Å². The Morgan fingerprint density at radius 2 is 1.95 bits per heavy atom. The fourth-order valence-corrected chi connectivity index (χ4v) is 3.15. The zero-order chi connectivity index (χ0) is 14.3. The highest BCUT2D eigenvalue weighted by atomic mass is 79.9. The van der Waals surface area contributed by atoms with E-state index in [1.54, 1.807) is 6.07 Å². The van der Waals surface area contributed by atoms with E-state index in [-0.39, 0.29) is 6.10 Å². The molecular formula is C15H11BrCl2O2. The molecule has 2 atom stereocenters. The van der Waals surface area contributed by atoms with Crippen LogP contribution in [0.3, 0.4) is 0 Å². The third-order valence-electron chi connectivity index (χ3n) is 3.37. The van der Waals surface area contributed by atoms with Crippen LogP contribution in [0.2, 0.25) is 10.0 Å². The first kappa shape index (κ1) is 14.2. The molecule has 2 nitrogen and oxygen atoms in total. The quantitative estimate of drug-likeness (QED) is 0.733. The zero-order valence-electron chi connectivity index (χ0n) is 10.3. The molecule has 104 valence electrons. The van der Waals surface area contributed by atoms with Crippen LogP contribution < -0.4 is 4.74 Å². The van der Waals surface area contributed by atoms with E-state index in [1.165, 1.54) is 0 Å². The van der Waals surface area contributed by atoms with E-state index in [1.807, 2.05) is 30.3 Å². The predicted octanol–water partition coefficient (Wildman–Crippen LogP) is 5.31. The van der Waals surface area contributed by atoms with Gasteiger partial charge in [0, 0.05) is 22.0 Å². The van der Waals surface area contributed by atoms with Crippen molar-refractivity contribution < 1.29 is 9.84 Å². The molecule has 0 bridgehead atoms. The van der Waals surface area contributed by atoms with Gasteiger partial charge in [-0.1, -0.05) is 57.3 Å². The van der Waals surface area contributed by atoms with Crippen LogP contribution >= 0.6 is 39.1 Å². The smallest absolute Gasteiger partial charge is 0.128 e. The van der Waals surface area contributed by atoms with Crippen molar-refractivity contribution in [2.45, 2.75) is 18.6 Å². The van der Waals surface area contributed by atoms with Crippen molar-refractivity contribution in [3.8, 4) is 5.75 Å². The lowest BCUT2D eigenvalue weighted by molar-refractivity contribution is 0.0657. The summed E-state index contributed by atoms with van der Waals surface area (Å²) >= 11 is 15.7. The minimum absolute atomic E-state index is 0.307. The maximum atomic E-state index is 10.3. The first-order valence-electron chi connectivity index (χ1n) is 6.14. The summed E-state index contributed by atoms with van der Waals surface area (Å²) in [6.45, 7) is 0. The maximum Gasteiger partial charge on any atom is 0.128 e. The molecule has 1 aliphatic rings. The lowest BCUT2D eigenvalue weighted by atomic mass is 9.95. The molecule has 0 spiro atoms. The first-order valence-corrected chi connectivity index (χ1v) is 7.69. The zero-order valence-corrected chi connectivity index (χ0v) is 13.4. The summed E-state index contributed by atoms with van der Waals surface area (Å²) in [5.74, 6) is 0.666. The van der Waals surface area contributed by atoms with Gasteiger partial charge in [0.2, 0.25) is 0 Å². The Morgan fingerprint density at radius 1 is 1.15 bits per heavy atom. The summed E-state index contributed by atoms with van der Waals surface area (Å²) in [6.07, 6.45) is -0.431. The molecule has 2 unspecified atom stereocenters. The molecule has 1 N–H and O–H groups in total. The SMILES string of the molecule is OC1CC(c2cccc(Cl)c2Cl)Oc2cc(Br)ccc21. The second-order valence-corrected chi connectivity index (χ2v) is 6.38. The highest BCUT2D eigenvalue weighted by Crippen LogP contribution is 2.44. The molecule has 1 aliphatic heterocycles. The summed E-state index contributed by atoms with van der Waals surface area (Å²) in [5, 5.41) is 11.2. The van der Waals surface area contributed by atoms with Crippen molar-refractivity contribution in [2.75, 3.05) is 0 Å². The van der Waals surface area contributed by atoms with Gasteiger partial charge in [-0.15, -0.1) is 0 Å². The average Bonchev–Trinajstić information content (AvgIpc) is 2.41. The van der Waals surface area contributed by atoms with E-state index in [0.29, 0.717) is 22.2 Å². The highest BCUT2D eigenvalue weighted by Gasteiger charge is 2.29. The standard InChI is InChI=1S/C15H11BrCl2O2/c16-8-4-5-9-12(19)7-14(20-13(9)6-8)10-2-1-3-11(17)15(10)18/h1-6,12,14,19H,7H2. The monoisotopic (exact) mass is 372 g/mol. The van der Waals surface area contributed by atoms with Gasteiger partial charge in [0.05, 0.1) is 16.1 Å². The number of benzene rings is 2. The van der Waals surface area contributed by atoms with Crippen molar-refractivity contribution >= 4 is 39.1 Å². The number of ether oxygens (including phenoxy) is 1. The van der Waals surface area contributed by atoms with Gasteiger partial charge in [-0.05, 0) is 18.2 Å². The van der Waals surface area contributed by atoms with Crippen LogP contribution in [0.25, 0.3) is 0 Å². The summed E-state index contributed by atoms with van der Waals surface area (Å²) < 4.78 is 6.88. The van der Waals surface area contributed by atoms with Crippen LogP contribution in [-0.4, -0.2) is 5.11 Å². The number of aliphatic hydroxyl groups excluding tert-OH is 1. The molecule has 2 aromatic rings. The molecule has 0 amide bonds. The number of aliphatic hydroxyl groups is 1. The third-order valence-corrected chi connectivity index (χ3v) is 4.70. The number of hydrogen-bond acceptors (Lipinski definition) is 2. The summed E-state index contributed by atoms with van der Waals surface area (Å²) in [5.41, 5.74) is 1.59. The molecule has 0 radical (unpaired) electrons. The van der Waals surface area contributed by atoms with Crippen molar-refractivity contribution in [3.05, 3.63) is 62.0 Å². The van der Waals surface area contributed by atoms with Gasteiger partial charge < -0.3 is 9.84 Å². The largest absolute Gasteiger partial charge is 0.485 e. The Balaban J connectivity index is 2.00. The average molecular weight is 374 g/mol. The summed E-state index contributed by atoms with van der Waals surface area (Å²) in [4.78, 5) is 0. The molecule has 0 aromatic heterocycles. The van der Waals surface area contributed by atoms with Crippen LogP contribution in [0.1, 0.15) is 29.8 Å². The topological polar surface area (TPSA) is 29.5 Å². The van der Waals surface area contributed by atoms with Gasteiger partial charge in [0.25, 0.3) is 0 Å². The van der Waals surface area contributed by atoms with Crippen LogP contribution in [0.4, 0.5) is 0 Å². The fraction of sp³-hybridized carbons (Fsp3) is 0.200. The van der Waals surface area contributed by atoms with Gasteiger partial charge in [-0.25, -0.2) is 0 Å². The van der Waals surface area contributed by atoms with E-state index in [0.717, 1.165) is 15.6 Å². The molecule has 2 aromatic carbocycles. The van der Waals surface area contributed by atoms with E-state index >= 15 is 0 Å². The van der Waals surface area contributed by atoms with Crippen molar-refractivity contribution in [2.24, 2.45) is 0 Å². The minimum atomic E-state index is -0.577. The van der Waals surface area contributed by atoms with Crippen LogP contribution in [0.15, 0.2) is 40.9 Å². The molecule has 0 fully saturated rings. The lowest BCUT2D eigenvalue weighted by Gasteiger charge is -2.30. The Hall–Kier alpha value is -0.740. The van der Waals surface area contributed by atoms with Crippen LogP contribution in [0, 0.1) is 0 Å². The molecule has 0 aliphatic carbocycles. The summed E-state index contributed by atoms with van der Waals surface area (Å²) in [7, 11) is 0. The normalized spacial score (nSPS) is 21.2. The number of fused-ring (bicyclic) bond motifs is 1. The van der Waals surface area contributed by atoms with Gasteiger partial charge in [0.1, 0.15) is 11.9 Å². The predicted molar refractivity (Wildman–Crippen MR) is 83.5 cm³/mol. The Kier molecular flexibility index (Phi) is 3.95. The minimum Gasteiger partial charge on any atom is -0.485 e. The molecule has 0 saturated carbocycles.